The van der Waals surface area contributed by atoms with Crippen LogP contribution in [0.1, 0.15) is 24.2 Å². The highest BCUT2D eigenvalue weighted by atomic mass is 16.1. The van der Waals surface area contributed by atoms with Gasteiger partial charge in [0.25, 0.3) is 0 Å². The molecule has 5 heteroatoms. The highest BCUT2D eigenvalue weighted by Gasteiger charge is 2.17. The summed E-state index contributed by atoms with van der Waals surface area (Å²) < 4.78 is 1.89. The van der Waals surface area contributed by atoms with Gasteiger partial charge in [-0.25, -0.2) is 0 Å². The van der Waals surface area contributed by atoms with Crippen molar-refractivity contribution in [3.8, 4) is 0 Å². The van der Waals surface area contributed by atoms with Gasteiger partial charge in [0, 0.05) is 32.6 Å². The van der Waals surface area contributed by atoms with E-state index in [0.717, 1.165) is 25.2 Å². The lowest BCUT2D eigenvalue weighted by Crippen LogP contribution is -2.45. The molecule has 1 atom stereocenters. The van der Waals surface area contributed by atoms with Crippen LogP contribution in [0.25, 0.3) is 0 Å². The third kappa shape index (κ3) is 2.61. The van der Waals surface area contributed by atoms with Gasteiger partial charge in [-0.2, -0.15) is 5.10 Å². The number of aryl methyl sites for hydroxylation is 2. The summed E-state index contributed by atoms with van der Waals surface area (Å²) in [6.07, 6.45) is 1.55. The SMILES string of the molecule is Cc1cc(CNC2CCC(=O)NC2)n(C)n1. The minimum atomic E-state index is 0.162. The van der Waals surface area contributed by atoms with Crippen molar-refractivity contribution in [3.05, 3.63) is 17.5 Å². The summed E-state index contributed by atoms with van der Waals surface area (Å²) in [4.78, 5) is 11.0. The summed E-state index contributed by atoms with van der Waals surface area (Å²) in [5.41, 5.74) is 2.21. The minimum absolute atomic E-state index is 0.162. The molecule has 0 radical (unpaired) electrons. The number of rotatable bonds is 3. The Morgan fingerprint density at radius 2 is 2.50 bits per heavy atom. The largest absolute Gasteiger partial charge is 0.355 e. The molecule has 0 saturated carbocycles. The number of hydrogen-bond donors (Lipinski definition) is 2. The number of carbonyl (C=O) groups is 1. The maximum absolute atomic E-state index is 11.0. The zero-order valence-corrected chi connectivity index (χ0v) is 9.79. The Bertz CT molecular complexity index is 375. The van der Waals surface area contributed by atoms with Crippen LogP contribution >= 0.6 is 0 Å². The molecule has 1 aliphatic rings. The summed E-state index contributed by atoms with van der Waals surface area (Å²) in [6.45, 7) is 3.53. The van der Waals surface area contributed by atoms with Gasteiger partial charge < -0.3 is 10.6 Å². The van der Waals surface area contributed by atoms with Crippen molar-refractivity contribution < 1.29 is 4.79 Å². The summed E-state index contributed by atoms with van der Waals surface area (Å²) in [7, 11) is 1.95. The van der Waals surface area contributed by atoms with Crippen LogP contribution in [-0.2, 0) is 18.4 Å². The minimum Gasteiger partial charge on any atom is -0.355 e. The van der Waals surface area contributed by atoms with Gasteiger partial charge in [-0.1, -0.05) is 0 Å². The second-order valence-electron chi connectivity index (χ2n) is 4.32. The molecular formula is C11H18N4O. The van der Waals surface area contributed by atoms with Crippen molar-refractivity contribution in [3.63, 3.8) is 0 Å². The van der Waals surface area contributed by atoms with E-state index in [1.54, 1.807) is 0 Å². The van der Waals surface area contributed by atoms with Crippen molar-refractivity contribution >= 4 is 5.91 Å². The molecule has 1 unspecified atom stereocenters. The van der Waals surface area contributed by atoms with Crippen molar-refractivity contribution in [2.24, 2.45) is 7.05 Å². The highest BCUT2D eigenvalue weighted by Crippen LogP contribution is 2.05. The molecule has 1 fully saturated rings. The molecule has 88 valence electrons. The van der Waals surface area contributed by atoms with Crippen LogP contribution < -0.4 is 10.6 Å². The van der Waals surface area contributed by atoms with E-state index >= 15 is 0 Å². The molecule has 0 bridgehead atoms. The van der Waals surface area contributed by atoms with Crippen LogP contribution in [0.3, 0.4) is 0 Å². The van der Waals surface area contributed by atoms with E-state index in [4.69, 9.17) is 0 Å². The third-order valence-electron chi connectivity index (χ3n) is 2.94. The second kappa shape index (κ2) is 4.65. The predicted molar refractivity (Wildman–Crippen MR) is 60.8 cm³/mol. The average Bonchev–Trinajstić information content (AvgIpc) is 2.57. The van der Waals surface area contributed by atoms with E-state index in [0.29, 0.717) is 12.5 Å². The molecule has 16 heavy (non-hydrogen) atoms. The second-order valence-corrected chi connectivity index (χ2v) is 4.32. The number of amides is 1. The Hall–Kier alpha value is -1.36. The first-order valence-electron chi connectivity index (χ1n) is 5.65. The first kappa shape index (κ1) is 11.1. The normalized spacial score (nSPS) is 20.9. The molecule has 1 aromatic heterocycles. The Labute approximate surface area is 95.2 Å². The standard InChI is InChI=1S/C11H18N4O/c1-8-5-10(15(2)14-8)7-12-9-3-4-11(16)13-6-9/h5,9,12H,3-4,6-7H2,1-2H3,(H,13,16). The molecule has 1 saturated heterocycles. The first-order valence-corrected chi connectivity index (χ1v) is 5.65. The Morgan fingerprint density at radius 3 is 3.06 bits per heavy atom. The predicted octanol–water partition coefficient (Wildman–Crippen LogP) is 0.0967. The molecule has 1 amide bonds. The fourth-order valence-corrected chi connectivity index (χ4v) is 1.99. The monoisotopic (exact) mass is 222 g/mol. The van der Waals surface area contributed by atoms with Crippen LogP contribution in [-0.4, -0.2) is 28.3 Å². The topological polar surface area (TPSA) is 59.0 Å². The molecule has 5 nitrogen and oxygen atoms in total. The van der Waals surface area contributed by atoms with Crippen LogP contribution in [0.15, 0.2) is 6.07 Å². The molecule has 1 aromatic rings. The van der Waals surface area contributed by atoms with E-state index in [1.807, 2.05) is 18.7 Å². The van der Waals surface area contributed by atoms with E-state index in [-0.39, 0.29) is 5.91 Å². The van der Waals surface area contributed by atoms with Crippen molar-refractivity contribution in [2.75, 3.05) is 6.54 Å². The summed E-state index contributed by atoms with van der Waals surface area (Å²) in [5.74, 6) is 0.162. The zero-order chi connectivity index (χ0) is 11.5. The maximum Gasteiger partial charge on any atom is 0.220 e. The smallest absolute Gasteiger partial charge is 0.220 e. The van der Waals surface area contributed by atoms with E-state index in [9.17, 15) is 4.79 Å². The number of nitrogens with zero attached hydrogens (tertiary/aromatic N) is 2. The fourth-order valence-electron chi connectivity index (χ4n) is 1.99. The molecule has 2 heterocycles. The highest BCUT2D eigenvalue weighted by molar-refractivity contribution is 5.76. The third-order valence-corrected chi connectivity index (χ3v) is 2.94. The molecule has 0 aliphatic carbocycles. The molecular weight excluding hydrogens is 204 g/mol. The van der Waals surface area contributed by atoms with Gasteiger partial charge in [-0.3, -0.25) is 9.48 Å². The maximum atomic E-state index is 11.0. The van der Waals surface area contributed by atoms with Crippen molar-refractivity contribution in [1.29, 1.82) is 0 Å². The van der Waals surface area contributed by atoms with Crippen molar-refractivity contribution in [2.45, 2.75) is 32.4 Å². The molecule has 0 spiro atoms. The van der Waals surface area contributed by atoms with Crippen LogP contribution in [0, 0.1) is 6.92 Å². The van der Waals surface area contributed by atoms with Gasteiger partial charge in [0.15, 0.2) is 0 Å². The molecule has 0 aromatic carbocycles. The number of nitrogens with one attached hydrogen (secondary N) is 2. The number of carbonyl (C=O) groups excluding carboxylic acids is 1. The lowest BCUT2D eigenvalue weighted by Gasteiger charge is -2.23. The van der Waals surface area contributed by atoms with Crippen LogP contribution in [0.4, 0.5) is 0 Å². The molecule has 2 rings (SSSR count). The molecule has 2 N–H and O–H groups in total. The summed E-state index contributed by atoms with van der Waals surface area (Å²) in [6, 6.07) is 2.46. The van der Waals surface area contributed by atoms with Gasteiger partial charge in [-0.15, -0.1) is 0 Å². The number of aromatic nitrogens is 2. The van der Waals surface area contributed by atoms with Gasteiger partial charge >= 0.3 is 0 Å². The first-order chi connectivity index (χ1) is 7.65. The van der Waals surface area contributed by atoms with Crippen LogP contribution in [0.5, 0.6) is 0 Å². The van der Waals surface area contributed by atoms with Gasteiger partial charge in [0.2, 0.25) is 5.91 Å². The van der Waals surface area contributed by atoms with Gasteiger partial charge in [0.05, 0.1) is 11.4 Å². The van der Waals surface area contributed by atoms with Crippen LogP contribution in [0.2, 0.25) is 0 Å². The fraction of sp³-hybridized carbons (Fsp3) is 0.636. The zero-order valence-electron chi connectivity index (χ0n) is 9.79. The van der Waals surface area contributed by atoms with Gasteiger partial charge in [0.1, 0.15) is 0 Å². The van der Waals surface area contributed by atoms with E-state index in [1.165, 1.54) is 5.69 Å². The lowest BCUT2D eigenvalue weighted by molar-refractivity contribution is -0.122. The summed E-state index contributed by atoms with van der Waals surface area (Å²) >= 11 is 0. The number of hydrogen-bond acceptors (Lipinski definition) is 3. The lowest BCUT2D eigenvalue weighted by atomic mass is 10.1. The van der Waals surface area contributed by atoms with E-state index in [2.05, 4.69) is 21.8 Å². The Morgan fingerprint density at radius 1 is 1.69 bits per heavy atom. The Kier molecular flexibility index (Phi) is 3.24. The summed E-state index contributed by atoms with van der Waals surface area (Å²) in [5, 5.41) is 10.6. The Balaban J connectivity index is 1.83. The van der Waals surface area contributed by atoms with Gasteiger partial charge in [-0.05, 0) is 19.4 Å². The molecule has 1 aliphatic heterocycles. The van der Waals surface area contributed by atoms with E-state index < -0.39 is 0 Å². The number of piperidine rings is 1. The average molecular weight is 222 g/mol. The van der Waals surface area contributed by atoms with Crippen molar-refractivity contribution in [1.82, 2.24) is 20.4 Å². The quantitative estimate of drug-likeness (QED) is 0.762.